The third-order valence-corrected chi connectivity index (χ3v) is 1.95. The standard InChI is InChI=1S/C10H11NO/c1-11-7-10-9-4-2-3-8(9)5-6-12-10/h2-6,11H,7H2,1H3. The van der Waals surface area contributed by atoms with Crippen molar-refractivity contribution in [1.82, 2.24) is 5.32 Å². The molecule has 0 saturated heterocycles. The maximum absolute atomic E-state index is 5.38. The lowest BCUT2D eigenvalue weighted by atomic mass is 10.1. The lowest BCUT2D eigenvalue weighted by Gasteiger charge is -2.04. The van der Waals surface area contributed by atoms with E-state index in [9.17, 15) is 0 Å². The van der Waals surface area contributed by atoms with Crippen molar-refractivity contribution in [2.45, 2.75) is 6.54 Å². The van der Waals surface area contributed by atoms with E-state index in [0.29, 0.717) is 0 Å². The van der Waals surface area contributed by atoms with Gasteiger partial charge in [-0.2, -0.15) is 0 Å². The largest absolute Gasteiger partial charge is 0.467 e. The molecular formula is C10H11NO. The molecule has 2 aliphatic rings. The van der Waals surface area contributed by atoms with E-state index in [1.165, 1.54) is 11.1 Å². The minimum absolute atomic E-state index is 0.779. The van der Waals surface area contributed by atoms with Crippen molar-refractivity contribution in [1.29, 1.82) is 0 Å². The van der Waals surface area contributed by atoms with Crippen LogP contribution in [-0.4, -0.2) is 7.05 Å². The quantitative estimate of drug-likeness (QED) is 0.729. The molecule has 0 aromatic carbocycles. The van der Waals surface area contributed by atoms with Crippen molar-refractivity contribution in [3.05, 3.63) is 36.3 Å². The third-order valence-electron chi connectivity index (χ3n) is 1.95. The average Bonchev–Trinajstić information content (AvgIpc) is 2.53. The topological polar surface area (TPSA) is 25.2 Å². The molecule has 1 heterocycles. The first kappa shape index (κ1) is 7.37. The van der Waals surface area contributed by atoms with Gasteiger partial charge in [0.1, 0.15) is 5.76 Å². The molecule has 0 fully saturated rings. The van der Waals surface area contributed by atoms with Gasteiger partial charge in [0.15, 0.2) is 0 Å². The summed E-state index contributed by atoms with van der Waals surface area (Å²) in [5.74, 6) is 1.00. The van der Waals surface area contributed by atoms with Gasteiger partial charge in [-0.25, -0.2) is 0 Å². The van der Waals surface area contributed by atoms with Gasteiger partial charge in [-0.1, -0.05) is 18.2 Å². The van der Waals surface area contributed by atoms with Crippen LogP contribution in [0.4, 0.5) is 0 Å². The summed E-state index contributed by atoms with van der Waals surface area (Å²) in [4.78, 5) is 0. The molecule has 2 heteroatoms. The van der Waals surface area contributed by atoms with Gasteiger partial charge in [0.05, 0.1) is 12.8 Å². The lowest BCUT2D eigenvalue weighted by Crippen LogP contribution is -2.05. The van der Waals surface area contributed by atoms with Crippen LogP contribution in [0.3, 0.4) is 0 Å². The summed E-state index contributed by atoms with van der Waals surface area (Å²) in [5, 5.41) is 3.07. The summed E-state index contributed by atoms with van der Waals surface area (Å²) < 4.78 is 5.38. The van der Waals surface area contributed by atoms with Crippen LogP contribution in [0.2, 0.25) is 0 Å². The number of hydrogen-bond donors (Lipinski definition) is 1. The molecule has 0 aromatic rings. The SMILES string of the molecule is CNCc1occc2cccc1-2. The Morgan fingerprint density at radius 3 is 3.08 bits per heavy atom. The minimum Gasteiger partial charge on any atom is -0.467 e. The van der Waals surface area contributed by atoms with Crippen LogP contribution in [0.15, 0.2) is 34.9 Å². The van der Waals surface area contributed by atoms with Gasteiger partial charge in [-0.05, 0) is 18.7 Å². The zero-order valence-corrected chi connectivity index (χ0v) is 7.00. The average molecular weight is 161 g/mol. The summed E-state index contributed by atoms with van der Waals surface area (Å²) in [7, 11) is 1.91. The normalized spacial score (nSPS) is 10.8. The number of rotatable bonds is 2. The molecule has 2 nitrogen and oxygen atoms in total. The molecule has 0 bridgehead atoms. The van der Waals surface area contributed by atoms with Crippen molar-refractivity contribution in [3.63, 3.8) is 0 Å². The summed E-state index contributed by atoms with van der Waals surface area (Å²) >= 11 is 0. The molecule has 2 rings (SSSR count). The van der Waals surface area contributed by atoms with Gasteiger partial charge >= 0.3 is 0 Å². The van der Waals surface area contributed by atoms with E-state index in [1.54, 1.807) is 6.26 Å². The van der Waals surface area contributed by atoms with Crippen LogP contribution in [0.25, 0.3) is 11.1 Å². The van der Waals surface area contributed by atoms with Gasteiger partial charge in [0, 0.05) is 5.56 Å². The van der Waals surface area contributed by atoms with Crippen molar-refractivity contribution >= 4 is 0 Å². The molecular weight excluding hydrogens is 150 g/mol. The molecule has 0 atom stereocenters. The highest BCUT2D eigenvalue weighted by atomic mass is 16.3. The van der Waals surface area contributed by atoms with Gasteiger partial charge in [-0.3, -0.25) is 0 Å². The Balaban J connectivity index is 2.48. The Kier molecular flexibility index (Phi) is 1.84. The van der Waals surface area contributed by atoms with Crippen LogP contribution in [0.5, 0.6) is 0 Å². The second-order valence-corrected chi connectivity index (χ2v) is 2.77. The highest BCUT2D eigenvalue weighted by Gasteiger charge is 2.07. The molecule has 1 aliphatic carbocycles. The highest BCUT2D eigenvalue weighted by molar-refractivity contribution is 5.67. The number of nitrogens with one attached hydrogen (secondary N) is 1. The van der Waals surface area contributed by atoms with Gasteiger partial charge in [0.25, 0.3) is 0 Å². The van der Waals surface area contributed by atoms with Crippen LogP contribution < -0.4 is 5.32 Å². The highest BCUT2D eigenvalue weighted by Crippen LogP contribution is 2.26. The van der Waals surface area contributed by atoms with Crippen molar-refractivity contribution in [2.24, 2.45) is 0 Å². The second kappa shape index (κ2) is 2.99. The Hall–Kier alpha value is -1.28. The lowest BCUT2D eigenvalue weighted by molar-refractivity contribution is 0.481. The first-order chi connectivity index (χ1) is 5.92. The molecule has 62 valence electrons. The third kappa shape index (κ3) is 1.10. The predicted octanol–water partition coefficient (Wildman–Crippen LogP) is 2.10. The predicted molar refractivity (Wildman–Crippen MR) is 48.1 cm³/mol. The molecule has 0 saturated carbocycles. The Morgan fingerprint density at radius 1 is 1.33 bits per heavy atom. The fourth-order valence-electron chi connectivity index (χ4n) is 1.38. The second-order valence-electron chi connectivity index (χ2n) is 2.77. The monoisotopic (exact) mass is 161 g/mol. The number of hydrogen-bond acceptors (Lipinski definition) is 2. The smallest absolute Gasteiger partial charge is 0.125 e. The summed E-state index contributed by atoms with van der Waals surface area (Å²) in [6.07, 6.45) is 1.73. The van der Waals surface area contributed by atoms with Crippen LogP contribution in [0, 0.1) is 0 Å². The maximum Gasteiger partial charge on any atom is 0.125 e. The first-order valence-electron chi connectivity index (χ1n) is 4.01. The van der Waals surface area contributed by atoms with E-state index in [0.717, 1.165) is 12.3 Å². The van der Waals surface area contributed by atoms with Gasteiger partial charge in [-0.15, -0.1) is 0 Å². The van der Waals surface area contributed by atoms with E-state index >= 15 is 0 Å². The van der Waals surface area contributed by atoms with Crippen molar-refractivity contribution in [3.8, 4) is 11.1 Å². The fourth-order valence-corrected chi connectivity index (χ4v) is 1.38. The number of fused-ring (bicyclic) bond motifs is 1. The van der Waals surface area contributed by atoms with Crippen LogP contribution in [0.1, 0.15) is 5.76 Å². The Morgan fingerprint density at radius 2 is 2.25 bits per heavy atom. The molecule has 0 spiro atoms. The molecule has 12 heavy (non-hydrogen) atoms. The van der Waals surface area contributed by atoms with E-state index < -0.39 is 0 Å². The molecule has 0 radical (unpaired) electrons. The summed E-state index contributed by atoms with van der Waals surface area (Å²) in [5.41, 5.74) is 2.44. The molecule has 1 aliphatic heterocycles. The van der Waals surface area contributed by atoms with E-state index in [2.05, 4.69) is 17.4 Å². The zero-order valence-electron chi connectivity index (χ0n) is 7.00. The zero-order chi connectivity index (χ0) is 8.39. The Bertz CT molecular complexity index is 340. The van der Waals surface area contributed by atoms with Crippen molar-refractivity contribution in [2.75, 3.05) is 7.05 Å². The van der Waals surface area contributed by atoms with Crippen LogP contribution >= 0.6 is 0 Å². The Labute approximate surface area is 71.5 Å². The van der Waals surface area contributed by atoms with Gasteiger partial charge in [0.2, 0.25) is 0 Å². The summed E-state index contributed by atoms with van der Waals surface area (Å²) in [6.45, 7) is 0.779. The van der Waals surface area contributed by atoms with Gasteiger partial charge < -0.3 is 9.73 Å². The molecule has 0 unspecified atom stereocenters. The summed E-state index contributed by atoms with van der Waals surface area (Å²) in [6, 6.07) is 8.18. The van der Waals surface area contributed by atoms with Crippen molar-refractivity contribution < 1.29 is 4.42 Å². The molecule has 0 amide bonds. The maximum atomic E-state index is 5.38. The molecule has 1 N–H and O–H groups in total. The first-order valence-corrected chi connectivity index (χ1v) is 4.01. The van der Waals surface area contributed by atoms with E-state index in [4.69, 9.17) is 4.42 Å². The fraction of sp³-hybridized carbons (Fsp3) is 0.200. The van der Waals surface area contributed by atoms with E-state index in [1.807, 2.05) is 19.2 Å². The van der Waals surface area contributed by atoms with E-state index in [-0.39, 0.29) is 0 Å². The minimum atomic E-state index is 0.779. The van der Waals surface area contributed by atoms with Crippen LogP contribution in [-0.2, 0) is 6.54 Å². The molecule has 0 aromatic heterocycles.